The number of nitrogens with zero attached hydrogens (tertiary/aromatic N) is 2. The average molecular weight is 264 g/mol. The highest BCUT2D eigenvalue weighted by Gasteiger charge is 2.35. The molecule has 1 saturated carbocycles. The lowest BCUT2D eigenvalue weighted by Gasteiger charge is -2.25. The molecule has 0 radical (unpaired) electrons. The zero-order valence-electron chi connectivity index (χ0n) is 11.2. The molecule has 2 atom stereocenters. The van der Waals surface area contributed by atoms with Crippen LogP contribution in [0.2, 0.25) is 0 Å². The number of thiazole rings is 1. The molecule has 0 bridgehead atoms. The molecular weight excluding hydrogens is 244 g/mol. The van der Waals surface area contributed by atoms with Crippen molar-refractivity contribution in [1.29, 1.82) is 0 Å². The maximum atomic E-state index is 12.2. The molecule has 0 aliphatic heterocycles. The van der Waals surface area contributed by atoms with Crippen molar-refractivity contribution in [2.45, 2.75) is 33.2 Å². The maximum Gasteiger partial charge on any atom is 0.246 e. The van der Waals surface area contributed by atoms with Crippen LogP contribution in [-0.2, 0) is 4.79 Å². The van der Waals surface area contributed by atoms with Gasteiger partial charge in [-0.2, -0.15) is 0 Å². The van der Waals surface area contributed by atoms with Gasteiger partial charge in [-0.25, -0.2) is 4.98 Å². The highest BCUT2D eigenvalue weighted by Crippen LogP contribution is 2.38. The summed E-state index contributed by atoms with van der Waals surface area (Å²) in [5.74, 6) is 1.57. The Morgan fingerprint density at radius 2 is 2.39 bits per heavy atom. The van der Waals surface area contributed by atoms with Crippen LogP contribution in [0.4, 0.5) is 0 Å². The molecule has 1 amide bonds. The predicted octanol–water partition coefficient (Wildman–Crippen LogP) is 3.05. The van der Waals surface area contributed by atoms with E-state index in [0.717, 1.165) is 18.2 Å². The number of amides is 1. The van der Waals surface area contributed by atoms with Crippen molar-refractivity contribution in [3.8, 4) is 0 Å². The minimum Gasteiger partial charge on any atom is -0.336 e. The van der Waals surface area contributed by atoms with Crippen molar-refractivity contribution in [3.63, 3.8) is 0 Å². The predicted molar refractivity (Wildman–Crippen MR) is 75.3 cm³/mol. The van der Waals surface area contributed by atoms with Gasteiger partial charge in [-0.3, -0.25) is 4.79 Å². The molecule has 1 aliphatic rings. The van der Waals surface area contributed by atoms with E-state index in [-0.39, 0.29) is 11.9 Å². The second-order valence-corrected chi connectivity index (χ2v) is 6.02. The molecule has 0 spiro atoms. The summed E-state index contributed by atoms with van der Waals surface area (Å²) in [6.07, 6.45) is 4.69. The number of carbonyl (C=O) groups is 1. The van der Waals surface area contributed by atoms with Crippen LogP contribution in [0.5, 0.6) is 0 Å². The van der Waals surface area contributed by atoms with E-state index in [4.69, 9.17) is 0 Å². The average Bonchev–Trinajstić information content (AvgIpc) is 2.81. The van der Waals surface area contributed by atoms with Crippen LogP contribution in [0.3, 0.4) is 0 Å². The summed E-state index contributed by atoms with van der Waals surface area (Å²) in [4.78, 5) is 18.3. The molecule has 1 fully saturated rings. The Morgan fingerprint density at radius 3 is 2.89 bits per heavy atom. The van der Waals surface area contributed by atoms with E-state index in [1.54, 1.807) is 17.7 Å². The zero-order valence-corrected chi connectivity index (χ0v) is 12.0. The molecule has 98 valence electrons. The highest BCUT2D eigenvalue weighted by molar-refractivity contribution is 7.07. The summed E-state index contributed by atoms with van der Waals surface area (Å²) >= 11 is 1.54. The van der Waals surface area contributed by atoms with Gasteiger partial charge in [-0.05, 0) is 38.2 Å². The molecule has 0 unspecified atom stereocenters. The molecule has 2 rings (SSSR count). The van der Waals surface area contributed by atoms with Crippen molar-refractivity contribution < 1.29 is 4.79 Å². The largest absolute Gasteiger partial charge is 0.336 e. The third-order valence-corrected chi connectivity index (χ3v) is 4.07. The summed E-state index contributed by atoms with van der Waals surface area (Å²) < 4.78 is 0. The van der Waals surface area contributed by atoms with E-state index < -0.39 is 0 Å². The van der Waals surface area contributed by atoms with Crippen LogP contribution in [0.25, 0.3) is 6.08 Å². The van der Waals surface area contributed by atoms with Crippen molar-refractivity contribution in [1.82, 2.24) is 9.88 Å². The SMILES string of the molecule is CC(C)N(C[C@@H]1C[C@H]1C)C(=O)/C=C/c1cscn1. The van der Waals surface area contributed by atoms with E-state index >= 15 is 0 Å². The molecule has 4 heteroatoms. The summed E-state index contributed by atoms with van der Waals surface area (Å²) in [5, 5.41) is 1.94. The Bertz CT molecular complexity index is 425. The maximum absolute atomic E-state index is 12.2. The second kappa shape index (κ2) is 5.65. The van der Waals surface area contributed by atoms with Crippen LogP contribution < -0.4 is 0 Å². The molecule has 1 heterocycles. The van der Waals surface area contributed by atoms with Gasteiger partial charge < -0.3 is 4.90 Å². The van der Waals surface area contributed by atoms with Gasteiger partial charge in [-0.1, -0.05) is 6.92 Å². The first-order chi connectivity index (χ1) is 8.58. The fraction of sp³-hybridized carbons (Fsp3) is 0.571. The normalized spacial score (nSPS) is 22.7. The summed E-state index contributed by atoms with van der Waals surface area (Å²) in [7, 11) is 0. The molecule has 18 heavy (non-hydrogen) atoms. The number of carbonyl (C=O) groups excluding carboxylic acids is 1. The lowest BCUT2D eigenvalue weighted by Crippen LogP contribution is -2.37. The van der Waals surface area contributed by atoms with Gasteiger partial charge in [0.15, 0.2) is 0 Å². The van der Waals surface area contributed by atoms with Gasteiger partial charge >= 0.3 is 0 Å². The summed E-state index contributed by atoms with van der Waals surface area (Å²) in [6, 6.07) is 0.255. The molecule has 3 nitrogen and oxygen atoms in total. The molecule has 0 saturated heterocycles. The van der Waals surface area contributed by atoms with Crippen molar-refractivity contribution in [2.24, 2.45) is 11.8 Å². The van der Waals surface area contributed by atoms with Crippen molar-refractivity contribution in [2.75, 3.05) is 6.54 Å². The van der Waals surface area contributed by atoms with E-state index in [9.17, 15) is 4.79 Å². The summed E-state index contributed by atoms with van der Waals surface area (Å²) in [5.41, 5.74) is 2.63. The second-order valence-electron chi connectivity index (χ2n) is 5.30. The van der Waals surface area contributed by atoms with Crippen LogP contribution in [-0.4, -0.2) is 28.4 Å². The number of hydrogen-bond acceptors (Lipinski definition) is 3. The van der Waals surface area contributed by atoms with Crippen LogP contribution >= 0.6 is 11.3 Å². The Morgan fingerprint density at radius 1 is 1.67 bits per heavy atom. The lowest BCUT2D eigenvalue weighted by molar-refractivity contribution is -0.127. The zero-order chi connectivity index (χ0) is 13.1. The van der Waals surface area contributed by atoms with Crippen molar-refractivity contribution >= 4 is 23.3 Å². The smallest absolute Gasteiger partial charge is 0.246 e. The first kappa shape index (κ1) is 13.3. The molecule has 0 N–H and O–H groups in total. The van der Waals surface area contributed by atoms with E-state index in [1.165, 1.54) is 17.8 Å². The number of aromatic nitrogens is 1. The van der Waals surface area contributed by atoms with Gasteiger partial charge in [0.25, 0.3) is 0 Å². The lowest BCUT2D eigenvalue weighted by atomic mass is 10.2. The Balaban J connectivity index is 1.95. The summed E-state index contributed by atoms with van der Waals surface area (Å²) in [6.45, 7) is 7.28. The van der Waals surface area contributed by atoms with Gasteiger partial charge in [0.05, 0.1) is 11.2 Å². The Labute approximate surface area is 113 Å². The van der Waals surface area contributed by atoms with E-state index in [1.807, 2.05) is 10.3 Å². The van der Waals surface area contributed by atoms with Gasteiger partial charge in [0.2, 0.25) is 5.91 Å². The first-order valence-electron chi connectivity index (χ1n) is 6.44. The number of hydrogen-bond donors (Lipinski definition) is 0. The molecule has 0 aromatic carbocycles. The van der Waals surface area contributed by atoms with Crippen LogP contribution in [0, 0.1) is 11.8 Å². The quantitative estimate of drug-likeness (QED) is 0.766. The number of rotatable bonds is 5. The van der Waals surface area contributed by atoms with Gasteiger partial charge in [-0.15, -0.1) is 11.3 Å². The molecule has 1 aromatic rings. The topological polar surface area (TPSA) is 33.2 Å². The minimum atomic E-state index is 0.0945. The highest BCUT2D eigenvalue weighted by atomic mass is 32.1. The first-order valence-corrected chi connectivity index (χ1v) is 7.39. The van der Waals surface area contributed by atoms with Crippen LogP contribution in [0.15, 0.2) is 17.0 Å². The fourth-order valence-electron chi connectivity index (χ4n) is 2.02. The Kier molecular flexibility index (Phi) is 4.17. The van der Waals surface area contributed by atoms with Gasteiger partial charge in [0.1, 0.15) is 0 Å². The van der Waals surface area contributed by atoms with E-state index in [0.29, 0.717) is 5.92 Å². The van der Waals surface area contributed by atoms with Crippen LogP contribution in [0.1, 0.15) is 32.9 Å². The molecule has 1 aliphatic carbocycles. The standard InChI is InChI=1S/C14H20N2OS/c1-10(2)16(7-12-6-11(12)3)14(17)5-4-13-8-18-9-15-13/h4-5,8-12H,6-7H2,1-3H3/b5-4+/t11-,12+/m1/s1. The van der Waals surface area contributed by atoms with Gasteiger partial charge in [0, 0.05) is 24.0 Å². The third-order valence-electron chi connectivity index (χ3n) is 3.46. The minimum absolute atomic E-state index is 0.0945. The fourth-order valence-corrected chi connectivity index (χ4v) is 2.54. The molecular formula is C14H20N2OS. The van der Waals surface area contributed by atoms with E-state index in [2.05, 4.69) is 25.8 Å². The monoisotopic (exact) mass is 264 g/mol. The van der Waals surface area contributed by atoms with Crippen molar-refractivity contribution in [3.05, 3.63) is 22.7 Å². The molecule has 1 aromatic heterocycles. The third kappa shape index (κ3) is 3.42. The Hall–Kier alpha value is -1.16.